The smallest absolute Gasteiger partial charge is 0.158 e. The van der Waals surface area contributed by atoms with Crippen LogP contribution in [0.25, 0.3) is 0 Å². The van der Waals surface area contributed by atoms with Gasteiger partial charge >= 0.3 is 0 Å². The van der Waals surface area contributed by atoms with E-state index in [1.54, 1.807) is 0 Å². The van der Waals surface area contributed by atoms with Gasteiger partial charge in [0, 0.05) is 24.5 Å². The number of anilines is 2. The van der Waals surface area contributed by atoms with Crippen molar-refractivity contribution in [3.05, 3.63) is 59.7 Å². The highest BCUT2D eigenvalue weighted by molar-refractivity contribution is 7.89. The molecule has 5 heteroatoms. The minimum atomic E-state index is -3.20. The number of hydrogen-bond donors (Lipinski definition) is 2. The number of nitrogens with one attached hydrogen (secondary N) is 2. The van der Waals surface area contributed by atoms with Gasteiger partial charge in [0.05, 0.1) is 11.5 Å². The molecule has 0 aromatic heterocycles. The highest BCUT2D eigenvalue weighted by atomic mass is 32.2. The molecule has 0 fully saturated rings. The quantitative estimate of drug-likeness (QED) is 0.489. The second-order valence-corrected chi connectivity index (χ2v) is 9.05. The molecule has 0 aliphatic heterocycles. The van der Waals surface area contributed by atoms with Crippen LogP contribution in [0.2, 0.25) is 0 Å². The monoisotopic (exact) mass is 388 g/mol. The van der Waals surface area contributed by atoms with Crippen molar-refractivity contribution < 1.29 is 8.42 Å². The van der Waals surface area contributed by atoms with Crippen molar-refractivity contribution in [2.75, 3.05) is 23.7 Å². The van der Waals surface area contributed by atoms with Gasteiger partial charge in [0.15, 0.2) is 9.84 Å². The second-order valence-electron chi connectivity index (χ2n) is 6.99. The molecule has 0 bridgehead atoms. The highest BCUT2D eigenvalue weighted by Gasteiger charge is 2.13. The summed E-state index contributed by atoms with van der Waals surface area (Å²) in [4.78, 5) is 0. The van der Waals surface area contributed by atoms with E-state index in [-0.39, 0.29) is 11.5 Å². The molecule has 0 saturated carbocycles. The molecule has 148 valence electrons. The van der Waals surface area contributed by atoms with Gasteiger partial charge in [-0.05, 0) is 48.2 Å². The Balaban J connectivity index is 1.88. The van der Waals surface area contributed by atoms with Gasteiger partial charge in [0.1, 0.15) is 0 Å². The van der Waals surface area contributed by atoms with Gasteiger partial charge in [0.2, 0.25) is 0 Å². The van der Waals surface area contributed by atoms with Crippen molar-refractivity contribution in [1.29, 1.82) is 0 Å². The fourth-order valence-corrected chi connectivity index (χ4v) is 4.32. The van der Waals surface area contributed by atoms with Gasteiger partial charge in [-0.15, -0.1) is 0 Å². The number of hydrogen-bond acceptors (Lipinski definition) is 4. The zero-order valence-electron chi connectivity index (χ0n) is 16.5. The van der Waals surface area contributed by atoms with Gasteiger partial charge in [-0.25, -0.2) is 8.42 Å². The Hall–Kier alpha value is -2.01. The van der Waals surface area contributed by atoms with Gasteiger partial charge in [-0.2, -0.15) is 0 Å². The zero-order valence-corrected chi connectivity index (χ0v) is 17.3. The lowest BCUT2D eigenvalue weighted by molar-refractivity contribution is 0.594. The first-order valence-electron chi connectivity index (χ1n) is 9.88. The summed E-state index contributed by atoms with van der Waals surface area (Å²) in [7, 11) is -3.20. The third-order valence-corrected chi connectivity index (χ3v) is 5.95. The molecule has 0 amide bonds. The molecule has 0 spiro atoms. The third-order valence-electron chi connectivity index (χ3n) is 4.40. The third kappa shape index (κ3) is 8.04. The predicted molar refractivity (Wildman–Crippen MR) is 116 cm³/mol. The van der Waals surface area contributed by atoms with E-state index in [1.807, 2.05) is 48.5 Å². The maximum atomic E-state index is 12.5. The molecular formula is C22H32N2O2S. The summed E-state index contributed by atoms with van der Waals surface area (Å²) in [6.07, 6.45) is 4.56. The van der Waals surface area contributed by atoms with E-state index in [1.165, 1.54) is 0 Å². The molecule has 0 aliphatic carbocycles. The molecule has 2 aromatic rings. The molecule has 2 N–H and O–H groups in total. The number of benzene rings is 2. The number of unbranched alkanes of at least 4 members (excludes halogenated alkanes) is 2. The standard InChI is InChI=1S/C22H32N2O2S/c1-3-5-15-23-21-11-7-19(8-12-21)17-27(25,26)18-20-9-13-22(14-10-20)24-16-6-4-2/h7-14,23-24H,3-6,15-18H2,1-2H3. The SMILES string of the molecule is CCCCNc1ccc(CS(=O)(=O)Cc2ccc(NCCCC)cc2)cc1. The fourth-order valence-electron chi connectivity index (χ4n) is 2.82. The molecule has 0 radical (unpaired) electrons. The van der Waals surface area contributed by atoms with Gasteiger partial charge in [-0.1, -0.05) is 51.0 Å². The van der Waals surface area contributed by atoms with Crippen LogP contribution in [0, 0.1) is 0 Å². The van der Waals surface area contributed by atoms with Crippen LogP contribution in [0.3, 0.4) is 0 Å². The van der Waals surface area contributed by atoms with Crippen LogP contribution in [-0.4, -0.2) is 21.5 Å². The minimum absolute atomic E-state index is 0.0682. The Bertz CT molecular complexity index is 707. The normalized spacial score (nSPS) is 11.3. The van der Waals surface area contributed by atoms with E-state index < -0.39 is 9.84 Å². The lowest BCUT2D eigenvalue weighted by Crippen LogP contribution is -2.08. The molecule has 4 nitrogen and oxygen atoms in total. The summed E-state index contributed by atoms with van der Waals surface area (Å²) >= 11 is 0. The minimum Gasteiger partial charge on any atom is -0.385 e. The fraction of sp³-hybridized carbons (Fsp3) is 0.455. The van der Waals surface area contributed by atoms with Crippen molar-refractivity contribution in [1.82, 2.24) is 0 Å². The van der Waals surface area contributed by atoms with Crippen molar-refractivity contribution in [2.24, 2.45) is 0 Å². The highest BCUT2D eigenvalue weighted by Crippen LogP contribution is 2.17. The van der Waals surface area contributed by atoms with Crippen molar-refractivity contribution in [2.45, 2.75) is 51.0 Å². The largest absolute Gasteiger partial charge is 0.385 e. The van der Waals surface area contributed by atoms with E-state index in [4.69, 9.17) is 0 Å². The first-order valence-corrected chi connectivity index (χ1v) is 11.7. The second kappa shape index (κ2) is 11.0. The molecule has 0 unspecified atom stereocenters. The summed E-state index contributed by atoms with van der Waals surface area (Å²) in [6.45, 7) is 6.20. The van der Waals surface area contributed by atoms with Gasteiger partial charge in [-0.3, -0.25) is 0 Å². The Morgan fingerprint density at radius 3 is 1.37 bits per heavy atom. The molecule has 27 heavy (non-hydrogen) atoms. The van der Waals surface area contributed by atoms with Crippen LogP contribution in [0.1, 0.15) is 50.7 Å². The van der Waals surface area contributed by atoms with Crippen LogP contribution in [-0.2, 0) is 21.3 Å². The van der Waals surface area contributed by atoms with Crippen LogP contribution < -0.4 is 10.6 Å². The number of rotatable bonds is 12. The van der Waals surface area contributed by atoms with Gasteiger partial charge in [0.25, 0.3) is 0 Å². The molecule has 2 rings (SSSR count). The van der Waals surface area contributed by atoms with Crippen molar-refractivity contribution >= 4 is 21.2 Å². The lowest BCUT2D eigenvalue weighted by Gasteiger charge is -2.09. The Labute approximate surface area is 164 Å². The maximum absolute atomic E-state index is 12.5. The van der Waals surface area contributed by atoms with E-state index in [0.29, 0.717) is 0 Å². The van der Waals surface area contributed by atoms with Crippen molar-refractivity contribution in [3.63, 3.8) is 0 Å². The average Bonchev–Trinajstić information content (AvgIpc) is 2.64. The Morgan fingerprint density at radius 1 is 0.667 bits per heavy atom. The van der Waals surface area contributed by atoms with Crippen LogP contribution in [0.4, 0.5) is 11.4 Å². The zero-order chi connectivity index (χ0) is 19.5. The van der Waals surface area contributed by atoms with Crippen LogP contribution in [0.15, 0.2) is 48.5 Å². The summed E-state index contributed by atoms with van der Waals surface area (Å²) < 4.78 is 25.1. The van der Waals surface area contributed by atoms with E-state index in [9.17, 15) is 8.42 Å². The molecule has 2 aromatic carbocycles. The molecule has 0 atom stereocenters. The molecule has 0 saturated heterocycles. The van der Waals surface area contributed by atoms with Crippen LogP contribution in [0.5, 0.6) is 0 Å². The van der Waals surface area contributed by atoms with Crippen molar-refractivity contribution in [3.8, 4) is 0 Å². The lowest BCUT2D eigenvalue weighted by atomic mass is 10.2. The summed E-state index contributed by atoms with van der Waals surface area (Å²) in [6, 6.07) is 15.4. The molecule has 0 heterocycles. The van der Waals surface area contributed by atoms with E-state index >= 15 is 0 Å². The number of sulfone groups is 1. The first-order chi connectivity index (χ1) is 13.0. The summed E-state index contributed by atoms with van der Waals surface area (Å²) in [5, 5.41) is 6.69. The topological polar surface area (TPSA) is 58.2 Å². The van der Waals surface area contributed by atoms with E-state index in [0.717, 1.165) is 61.3 Å². The van der Waals surface area contributed by atoms with Gasteiger partial charge < -0.3 is 10.6 Å². The summed E-state index contributed by atoms with van der Waals surface area (Å²) in [5.41, 5.74) is 3.73. The first kappa shape index (κ1) is 21.3. The Morgan fingerprint density at radius 2 is 1.04 bits per heavy atom. The molecular weight excluding hydrogens is 356 g/mol. The van der Waals surface area contributed by atoms with Crippen LogP contribution >= 0.6 is 0 Å². The maximum Gasteiger partial charge on any atom is 0.158 e. The molecule has 0 aliphatic rings. The average molecular weight is 389 g/mol. The Kier molecular flexibility index (Phi) is 8.65. The summed E-state index contributed by atoms with van der Waals surface area (Å²) in [5.74, 6) is 0.136. The van der Waals surface area contributed by atoms with E-state index in [2.05, 4.69) is 24.5 Å². The predicted octanol–water partition coefficient (Wildman–Crippen LogP) is 5.23.